The van der Waals surface area contributed by atoms with Gasteiger partial charge in [-0.25, -0.2) is 9.59 Å². The number of rotatable bonds is 4. The number of methoxy groups -OCH3 is 2. The van der Waals surface area contributed by atoms with Crippen LogP contribution in [-0.2, 0) is 19.1 Å². The standard InChI is InChI=1S/C17H28O4/c1-17(2,3)11-13(15(18)20-4)14(16(19)21-5)12-9-7-6-8-10-12/h12H,6-11H2,1-5H3/b14-13-. The lowest BCUT2D eigenvalue weighted by Gasteiger charge is -2.27. The maximum atomic E-state index is 12.3. The Hall–Kier alpha value is -1.32. The quantitative estimate of drug-likeness (QED) is 0.587. The van der Waals surface area contributed by atoms with E-state index in [0.29, 0.717) is 17.6 Å². The van der Waals surface area contributed by atoms with Crippen LogP contribution in [0.1, 0.15) is 59.3 Å². The first-order valence-electron chi connectivity index (χ1n) is 7.70. The zero-order valence-corrected chi connectivity index (χ0v) is 14.0. The van der Waals surface area contributed by atoms with E-state index in [0.717, 1.165) is 25.7 Å². The molecule has 0 unspecified atom stereocenters. The van der Waals surface area contributed by atoms with Crippen molar-refractivity contribution in [2.45, 2.75) is 59.3 Å². The summed E-state index contributed by atoms with van der Waals surface area (Å²) in [7, 11) is 2.73. The fraction of sp³-hybridized carbons (Fsp3) is 0.765. The summed E-state index contributed by atoms with van der Waals surface area (Å²) in [6.07, 6.45) is 5.77. The molecule has 0 bridgehead atoms. The summed E-state index contributed by atoms with van der Waals surface area (Å²) in [4.78, 5) is 24.5. The molecule has 1 fully saturated rings. The number of hydrogen-bond acceptors (Lipinski definition) is 4. The van der Waals surface area contributed by atoms with Crippen LogP contribution in [0, 0.1) is 11.3 Å². The molecule has 0 atom stereocenters. The molecule has 0 radical (unpaired) electrons. The van der Waals surface area contributed by atoms with E-state index in [1.54, 1.807) is 0 Å². The molecule has 0 aromatic carbocycles. The van der Waals surface area contributed by atoms with Gasteiger partial charge < -0.3 is 9.47 Å². The van der Waals surface area contributed by atoms with Crippen molar-refractivity contribution in [1.82, 2.24) is 0 Å². The first-order chi connectivity index (χ1) is 9.80. The highest BCUT2D eigenvalue weighted by Gasteiger charge is 2.32. The van der Waals surface area contributed by atoms with Gasteiger partial charge in [0.1, 0.15) is 0 Å². The summed E-state index contributed by atoms with van der Waals surface area (Å²) in [5, 5.41) is 0. The average Bonchev–Trinajstić information content (AvgIpc) is 2.45. The van der Waals surface area contributed by atoms with Crippen molar-refractivity contribution in [3.05, 3.63) is 11.1 Å². The smallest absolute Gasteiger partial charge is 0.334 e. The second-order valence-corrected chi connectivity index (χ2v) is 6.95. The van der Waals surface area contributed by atoms with Crippen LogP contribution in [0.4, 0.5) is 0 Å². The zero-order valence-electron chi connectivity index (χ0n) is 14.0. The minimum absolute atomic E-state index is 0.0997. The number of esters is 2. The molecule has 0 amide bonds. The third-order valence-corrected chi connectivity index (χ3v) is 3.88. The molecule has 0 N–H and O–H groups in total. The van der Waals surface area contributed by atoms with Crippen LogP contribution in [0.3, 0.4) is 0 Å². The van der Waals surface area contributed by atoms with E-state index in [1.165, 1.54) is 20.6 Å². The van der Waals surface area contributed by atoms with Gasteiger partial charge in [-0.3, -0.25) is 0 Å². The lowest BCUT2D eigenvalue weighted by Crippen LogP contribution is -2.25. The van der Waals surface area contributed by atoms with E-state index in [1.807, 2.05) is 20.8 Å². The third kappa shape index (κ3) is 5.18. The van der Waals surface area contributed by atoms with Crippen molar-refractivity contribution in [3.8, 4) is 0 Å². The highest BCUT2D eigenvalue weighted by molar-refractivity contribution is 6.00. The number of ether oxygens (including phenoxy) is 2. The third-order valence-electron chi connectivity index (χ3n) is 3.88. The van der Waals surface area contributed by atoms with Crippen LogP contribution < -0.4 is 0 Å². The normalized spacial score (nSPS) is 18.0. The van der Waals surface area contributed by atoms with Gasteiger partial charge in [-0.2, -0.15) is 0 Å². The minimum atomic E-state index is -0.407. The van der Waals surface area contributed by atoms with Gasteiger partial charge in [0, 0.05) is 5.57 Å². The van der Waals surface area contributed by atoms with Crippen molar-refractivity contribution in [2.24, 2.45) is 11.3 Å². The molecule has 0 saturated heterocycles. The monoisotopic (exact) mass is 296 g/mol. The van der Waals surface area contributed by atoms with Gasteiger partial charge in [-0.15, -0.1) is 0 Å². The van der Waals surface area contributed by atoms with Crippen LogP contribution in [-0.4, -0.2) is 26.2 Å². The molecule has 1 rings (SSSR count). The first-order valence-corrected chi connectivity index (χ1v) is 7.70. The maximum absolute atomic E-state index is 12.3. The summed E-state index contributed by atoms with van der Waals surface area (Å²) in [5.74, 6) is -0.676. The van der Waals surface area contributed by atoms with Crippen LogP contribution in [0.5, 0.6) is 0 Å². The van der Waals surface area contributed by atoms with Gasteiger partial charge >= 0.3 is 11.9 Å². The van der Waals surface area contributed by atoms with Gasteiger partial charge in [0.2, 0.25) is 0 Å². The van der Waals surface area contributed by atoms with E-state index in [4.69, 9.17) is 9.47 Å². The lowest BCUT2D eigenvalue weighted by molar-refractivity contribution is -0.140. The topological polar surface area (TPSA) is 52.6 Å². The summed E-state index contributed by atoms with van der Waals surface area (Å²) in [6, 6.07) is 0. The second kappa shape index (κ2) is 7.62. The Kier molecular flexibility index (Phi) is 6.43. The number of hydrogen-bond donors (Lipinski definition) is 0. The summed E-state index contributed by atoms with van der Waals surface area (Å²) < 4.78 is 9.87. The Bertz CT molecular complexity index is 409. The van der Waals surface area contributed by atoms with Crippen LogP contribution in [0.2, 0.25) is 0 Å². The van der Waals surface area contributed by atoms with Gasteiger partial charge in [-0.1, -0.05) is 40.0 Å². The predicted octanol–water partition coefficient (Wildman–Crippen LogP) is 3.65. The van der Waals surface area contributed by atoms with E-state index in [-0.39, 0.29) is 17.3 Å². The first kappa shape index (κ1) is 17.7. The molecule has 0 spiro atoms. The van der Waals surface area contributed by atoms with E-state index in [2.05, 4.69) is 0 Å². The SMILES string of the molecule is COC(=O)/C(CC(C)(C)C)=C(\C(=O)OC)C1CCCCC1. The summed E-state index contributed by atoms with van der Waals surface area (Å²) >= 11 is 0. The van der Waals surface area contributed by atoms with Crippen LogP contribution in [0.15, 0.2) is 11.1 Å². The largest absolute Gasteiger partial charge is 0.466 e. The Balaban J connectivity index is 3.28. The van der Waals surface area contributed by atoms with Crippen LogP contribution >= 0.6 is 0 Å². The van der Waals surface area contributed by atoms with Crippen molar-refractivity contribution in [1.29, 1.82) is 0 Å². The zero-order chi connectivity index (χ0) is 16.0. The highest BCUT2D eigenvalue weighted by atomic mass is 16.5. The fourth-order valence-electron chi connectivity index (χ4n) is 2.97. The van der Waals surface area contributed by atoms with Gasteiger partial charge in [0.25, 0.3) is 0 Å². The lowest BCUT2D eigenvalue weighted by atomic mass is 9.78. The second-order valence-electron chi connectivity index (χ2n) is 6.95. The van der Waals surface area contributed by atoms with Gasteiger partial charge in [0.05, 0.1) is 19.8 Å². The molecule has 1 saturated carbocycles. The molecule has 4 heteroatoms. The minimum Gasteiger partial charge on any atom is -0.466 e. The molecular formula is C17H28O4. The molecule has 0 heterocycles. The fourth-order valence-corrected chi connectivity index (χ4v) is 2.97. The molecule has 0 aromatic rings. The van der Waals surface area contributed by atoms with Crippen molar-refractivity contribution >= 4 is 11.9 Å². The van der Waals surface area contributed by atoms with Crippen LogP contribution in [0.25, 0.3) is 0 Å². The Labute approximate surface area is 127 Å². The Morgan fingerprint density at radius 2 is 1.48 bits per heavy atom. The number of carbonyl (C=O) groups excluding carboxylic acids is 2. The molecule has 0 aromatic heterocycles. The maximum Gasteiger partial charge on any atom is 0.334 e. The highest BCUT2D eigenvalue weighted by Crippen LogP contribution is 2.36. The van der Waals surface area contributed by atoms with E-state index >= 15 is 0 Å². The number of carbonyl (C=O) groups is 2. The van der Waals surface area contributed by atoms with E-state index in [9.17, 15) is 9.59 Å². The summed E-state index contributed by atoms with van der Waals surface area (Å²) in [5.41, 5.74) is 0.931. The molecule has 0 aliphatic heterocycles. The molecule has 1 aliphatic carbocycles. The van der Waals surface area contributed by atoms with E-state index < -0.39 is 5.97 Å². The van der Waals surface area contributed by atoms with Crippen molar-refractivity contribution in [3.63, 3.8) is 0 Å². The summed E-state index contributed by atoms with van der Waals surface area (Å²) in [6.45, 7) is 6.14. The molecule has 4 nitrogen and oxygen atoms in total. The molecular weight excluding hydrogens is 268 g/mol. The molecule has 120 valence electrons. The van der Waals surface area contributed by atoms with Gasteiger partial charge in [-0.05, 0) is 30.6 Å². The van der Waals surface area contributed by atoms with Crippen molar-refractivity contribution in [2.75, 3.05) is 14.2 Å². The average molecular weight is 296 g/mol. The molecule has 1 aliphatic rings. The predicted molar refractivity (Wildman–Crippen MR) is 81.7 cm³/mol. The van der Waals surface area contributed by atoms with Crippen molar-refractivity contribution < 1.29 is 19.1 Å². The van der Waals surface area contributed by atoms with Gasteiger partial charge in [0.15, 0.2) is 0 Å². The Morgan fingerprint density at radius 1 is 0.952 bits per heavy atom. The Morgan fingerprint density at radius 3 is 1.90 bits per heavy atom. The molecule has 21 heavy (non-hydrogen) atoms.